The highest BCUT2D eigenvalue weighted by molar-refractivity contribution is 5.37. The molecule has 0 heterocycles. The SMILES string of the molecule is O=COCc1cc(F)c(C(F)F)c(F)c1. The maximum atomic E-state index is 12.9. The molecule has 0 atom stereocenters. The monoisotopic (exact) mass is 222 g/mol. The van der Waals surface area contributed by atoms with Crippen molar-refractivity contribution in [1.82, 2.24) is 0 Å². The van der Waals surface area contributed by atoms with E-state index in [9.17, 15) is 22.4 Å². The molecule has 0 bridgehead atoms. The van der Waals surface area contributed by atoms with Crippen molar-refractivity contribution >= 4 is 6.47 Å². The van der Waals surface area contributed by atoms with Crippen LogP contribution in [0.1, 0.15) is 17.6 Å². The van der Waals surface area contributed by atoms with Crippen LogP contribution in [0.5, 0.6) is 0 Å². The number of hydrogen-bond acceptors (Lipinski definition) is 2. The zero-order valence-corrected chi connectivity index (χ0v) is 7.34. The first-order valence-electron chi connectivity index (χ1n) is 3.87. The molecule has 6 heteroatoms. The van der Waals surface area contributed by atoms with Gasteiger partial charge in [0.2, 0.25) is 0 Å². The molecule has 0 aliphatic heterocycles. The van der Waals surface area contributed by atoms with Crippen LogP contribution < -0.4 is 0 Å². The highest BCUT2D eigenvalue weighted by Crippen LogP contribution is 2.26. The van der Waals surface area contributed by atoms with Crippen molar-refractivity contribution in [3.05, 3.63) is 34.9 Å². The van der Waals surface area contributed by atoms with Gasteiger partial charge in [-0.1, -0.05) is 0 Å². The Bertz CT molecular complexity index is 342. The molecule has 0 N–H and O–H groups in total. The highest BCUT2D eigenvalue weighted by Gasteiger charge is 2.19. The average molecular weight is 222 g/mol. The molecule has 0 aromatic heterocycles. The Morgan fingerprint density at radius 2 is 1.80 bits per heavy atom. The van der Waals surface area contributed by atoms with E-state index in [0.29, 0.717) is 12.1 Å². The fourth-order valence-corrected chi connectivity index (χ4v) is 1.06. The van der Waals surface area contributed by atoms with Gasteiger partial charge in [-0.2, -0.15) is 0 Å². The van der Waals surface area contributed by atoms with E-state index in [1.165, 1.54) is 0 Å². The lowest BCUT2D eigenvalue weighted by atomic mass is 10.1. The van der Waals surface area contributed by atoms with E-state index in [4.69, 9.17) is 0 Å². The van der Waals surface area contributed by atoms with Crippen LogP contribution in [0.4, 0.5) is 17.6 Å². The Labute approximate surface area is 82.5 Å². The summed E-state index contributed by atoms with van der Waals surface area (Å²) in [7, 11) is 0. The maximum absolute atomic E-state index is 12.9. The smallest absolute Gasteiger partial charge is 0.293 e. The number of benzene rings is 1. The van der Waals surface area contributed by atoms with Crippen molar-refractivity contribution in [2.24, 2.45) is 0 Å². The number of rotatable bonds is 4. The van der Waals surface area contributed by atoms with Crippen LogP contribution in [0.15, 0.2) is 12.1 Å². The molecular formula is C9H6F4O2. The summed E-state index contributed by atoms with van der Waals surface area (Å²) in [5.41, 5.74) is -1.30. The standard InChI is InChI=1S/C9H6F4O2/c10-6-1-5(3-15-4-14)2-7(11)8(6)9(12)13/h1-2,4,9H,3H2. The van der Waals surface area contributed by atoms with Gasteiger partial charge in [-0.15, -0.1) is 0 Å². The van der Waals surface area contributed by atoms with Gasteiger partial charge in [0.05, 0.1) is 5.56 Å². The molecule has 0 saturated carbocycles. The molecule has 0 saturated heterocycles. The molecule has 1 aromatic carbocycles. The van der Waals surface area contributed by atoms with Gasteiger partial charge >= 0.3 is 0 Å². The first kappa shape index (κ1) is 11.5. The van der Waals surface area contributed by atoms with E-state index in [1.807, 2.05) is 0 Å². The summed E-state index contributed by atoms with van der Waals surface area (Å²) in [6, 6.07) is 1.40. The van der Waals surface area contributed by atoms with Crippen LogP contribution in [0.2, 0.25) is 0 Å². The van der Waals surface area contributed by atoms with Crippen molar-refractivity contribution in [2.45, 2.75) is 13.0 Å². The molecule has 0 unspecified atom stereocenters. The lowest BCUT2D eigenvalue weighted by molar-refractivity contribution is -0.129. The van der Waals surface area contributed by atoms with E-state index in [-0.39, 0.29) is 18.6 Å². The fraction of sp³-hybridized carbons (Fsp3) is 0.222. The zero-order valence-electron chi connectivity index (χ0n) is 7.34. The average Bonchev–Trinajstić information content (AvgIpc) is 2.12. The first-order valence-corrected chi connectivity index (χ1v) is 3.87. The van der Waals surface area contributed by atoms with Crippen molar-refractivity contribution in [3.8, 4) is 0 Å². The third kappa shape index (κ3) is 2.68. The van der Waals surface area contributed by atoms with Crippen molar-refractivity contribution in [1.29, 1.82) is 0 Å². The van der Waals surface area contributed by atoms with E-state index in [0.717, 1.165) is 0 Å². The van der Waals surface area contributed by atoms with Crippen LogP contribution in [0.3, 0.4) is 0 Å². The third-order valence-electron chi connectivity index (χ3n) is 1.68. The summed E-state index contributed by atoms with van der Waals surface area (Å²) in [5.74, 6) is -2.70. The largest absolute Gasteiger partial charge is 0.463 e. The van der Waals surface area contributed by atoms with Gasteiger partial charge in [0.25, 0.3) is 12.9 Å². The minimum absolute atomic E-state index is 0.0264. The highest BCUT2D eigenvalue weighted by atomic mass is 19.3. The van der Waals surface area contributed by atoms with Gasteiger partial charge in [0.1, 0.15) is 18.2 Å². The lowest BCUT2D eigenvalue weighted by Gasteiger charge is -2.06. The van der Waals surface area contributed by atoms with E-state index in [2.05, 4.69) is 4.74 Å². The van der Waals surface area contributed by atoms with Gasteiger partial charge < -0.3 is 4.74 Å². The van der Waals surface area contributed by atoms with Crippen LogP contribution in [0.25, 0.3) is 0 Å². The number of carbonyl (C=O) groups excluding carboxylic acids is 1. The number of carbonyl (C=O) groups is 1. The Kier molecular flexibility index (Phi) is 3.65. The Hall–Kier alpha value is -1.59. The molecule has 82 valence electrons. The zero-order chi connectivity index (χ0) is 11.4. The lowest BCUT2D eigenvalue weighted by Crippen LogP contribution is -2.00. The summed E-state index contributed by atoms with van der Waals surface area (Å²) >= 11 is 0. The van der Waals surface area contributed by atoms with E-state index in [1.54, 1.807) is 0 Å². The van der Waals surface area contributed by atoms with Crippen LogP contribution in [-0.2, 0) is 16.1 Å². The van der Waals surface area contributed by atoms with Gasteiger partial charge in [0, 0.05) is 0 Å². The molecular weight excluding hydrogens is 216 g/mol. The van der Waals surface area contributed by atoms with Gasteiger partial charge in [-0.25, -0.2) is 17.6 Å². The molecule has 1 aromatic rings. The van der Waals surface area contributed by atoms with Crippen LogP contribution in [0, 0.1) is 11.6 Å². The molecule has 0 spiro atoms. The molecule has 0 amide bonds. The van der Waals surface area contributed by atoms with Crippen LogP contribution in [-0.4, -0.2) is 6.47 Å². The predicted molar refractivity (Wildman–Crippen MR) is 42.2 cm³/mol. The summed E-state index contributed by atoms with van der Waals surface area (Å²) in [6.45, 7) is -0.266. The number of hydrogen-bond donors (Lipinski definition) is 0. The second kappa shape index (κ2) is 4.77. The van der Waals surface area contributed by atoms with E-state index >= 15 is 0 Å². The summed E-state index contributed by atoms with van der Waals surface area (Å²) in [4.78, 5) is 9.79. The molecule has 15 heavy (non-hydrogen) atoms. The third-order valence-corrected chi connectivity index (χ3v) is 1.68. The number of halogens is 4. The molecule has 1 rings (SSSR count). The molecule has 0 fully saturated rings. The topological polar surface area (TPSA) is 26.3 Å². The maximum Gasteiger partial charge on any atom is 0.293 e. The van der Waals surface area contributed by atoms with Gasteiger partial charge in [0.15, 0.2) is 0 Å². The molecule has 0 aliphatic rings. The normalized spacial score (nSPS) is 10.5. The fourth-order valence-electron chi connectivity index (χ4n) is 1.06. The van der Waals surface area contributed by atoms with Crippen molar-refractivity contribution < 1.29 is 27.1 Å². The van der Waals surface area contributed by atoms with Crippen molar-refractivity contribution in [2.75, 3.05) is 0 Å². The Balaban J connectivity index is 3.02. The minimum atomic E-state index is -3.22. The quantitative estimate of drug-likeness (QED) is 0.578. The molecule has 0 aliphatic carbocycles. The second-order valence-electron chi connectivity index (χ2n) is 2.68. The first-order chi connectivity index (χ1) is 7.06. The summed E-state index contributed by atoms with van der Waals surface area (Å²) in [6.07, 6.45) is -3.22. The Morgan fingerprint density at radius 1 is 1.27 bits per heavy atom. The summed E-state index contributed by atoms with van der Waals surface area (Å²) < 4.78 is 54.3. The molecule has 0 radical (unpaired) electrons. The van der Waals surface area contributed by atoms with Crippen LogP contribution >= 0.6 is 0 Å². The number of ether oxygens (including phenoxy) is 1. The van der Waals surface area contributed by atoms with E-state index < -0.39 is 23.6 Å². The Morgan fingerprint density at radius 3 is 2.20 bits per heavy atom. The number of alkyl halides is 2. The van der Waals surface area contributed by atoms with Crippen molar-refractivity contribution in [3.63, 3.8) is 0 Å². The van der Waals surface area contributed by atoms with Gasteiger partial charge in [-0.05, 0) is 17.7 Å². The second-order valence-corrected chi connectivity index (χ2v) is 2.68. The summed E-state index contributed by atoms with van der Waals surface area (Å²) in [5, 5.41) is 0. The van der Waals surface area contributed by atoms with Gasteiger partial charge in [-0.3, -0.25) is 4.79 Å². The predicted octanol–water partition coefficient (Wildman–Crippen LogP) is 2.58. The minimum Gasteiger partial charge on any atom is -0.463 e. The molecule has 2 nitrogen and oxygen atoms in total.